The maximum atomic E-state index is 8.78. The number of nitrogens with zero attached hydrogens (tertiary/aromatic N) is 4. The summed E-state index contributed by atoms with van der Waals surface area (Å²) in [4.78, 5) is 1.34. The van der Waals surface area contributed by atoms with Crippen molar-refractivity contribution < 1.29 is 14.6 Å². The normalized spacial score (nSPS) is 10.4. The average Bonchev–Trinajstić information content (AvgIpc) is 2.87. The number of tetrazole rings is 1. The van der Waals surface area contributed by atoms with Crippen LogP contribution in [0.5, 0.6) is 11.5 Å². The van der Waals surface area contributed by atoms with Crippen molar-refractivity contribution >= 4 is 0 Å². The van der Waals surface area contributed by atoms with E-state index >= 15 is 0 Å². The van der Waals surface area contributed by atoms with Gasteiger partial charge in [0.2, 0.25) is 5.82 Å². The Balaban J connectivity index is 2.31. The average molecular weight is 250 g/mol. The van der Waals surface area contributed by atoms with Crippen LogP contribution in [-0.4, -0.2) is 46.1 Å². The molecule has 0 aliphatic rings. The zero-order chi connectivity index (χ0) is 13.0. The number of benzene rings is 1. The van der Waals surface area contributed by atoms with Gasteiger partial charge in [0.1, 0.15) is 0 Å². The third-order valence-electron chi connectivity index (χ3n) is 2.39. The largest absolute Gasteiger partial charge is 0.493 e. The summed E-state index contributed by atoms with van der Waals surface area (Å²) in [6.07, 6.45) is 0. The molecule has 2 rings (SSSR count). The van der Waals surface area contributed by atoms with E-state index in [-0.39, 0.29) is 6.61 Å². The van der Waals surface area contributed by atoms with Gasteiger partial charge in [-0.3, -0.25) is 0 Å². The van der Waals surface area contributed by atoms with E-state index in [1.165, 1.54) is 4.80 Å². The van der Waals surface area contributed by atoms with Crippen LogP contribution in [0.4, 0.5) is 0 Å². The molecule has 2 aromatic rings. The summed E-state index contributed by atoms with van der Waals surface area (Å²) in [5.41, 5.74) is 0.775. The molecule has 0 aliphatic heterocycles. The highest BCUT2D eigenvalue weighted by molar-refractivity contribution is 5.60. The van der Waals surface area contributed by atoms with Crippen LogP contribution < -0.4 is 9.47 Å². The van der Waals surface area contributed by atoms with Crippen LogP contribution in [0.3, 0.4) is 0 Å². The summed E-state index contributed by atoms with van der Waals surface area (Å²) in [6.45, 7) is 0.294. The second-order valence-corrected chi connectivity index (χ2v) is 3.50. The van der Waals surface area contributed by atoms with E-state index in [4.69, 9.17) is 14.6 Å². The lowest BCUT2D eigenvalue weighted by Gasteiger charge is -2.07. The fourth-order valence-corrected chi connectivity index (χ4v) is 1.52. The van der Waals surface area contributed by atoms with Gasteiger partial charge in [0, 0.05) is 5.56 Å². The first-order chi connectivity index (χ1) is 8.78. The van der Waals surface area contributed by atoms with Gasteiger partial charge in [-0.05, 0) is 23.4 Å². The Morgan fingerprint density at radius 3 is 2.67 bits per heavy atom. The summed E-state index contributed by atoms with van der Waals surface area (Å²) < 4.78 is 10.4. The van der Waals surface area contributed by atoms with Crippen LogP contribution in [0.2, 0.25) is 0 Å². The molecule has 0 saturated carbocycles. The topological polar surface area (TPSA) is 82.3 Å². The standard InChI is InChI=1S/C11H14N4O3/c1-17-9-4-3-8(7-10(9)18-2)11-12-14-15(13-11)5-6-16/h3-4,7,16H,5-6H2,1-2H3. The van der Waals surface area contributed by atoms with Crippen LogP contribution >= 0.6 is 0 Å². The van der Waals surface area contributed by atoms with Crippen molar-refractivity contribution in [3.63, 3.8) is 0 Å². The van der Waals surface area contributed by atoms with E-state index in [2.05, 4.69) is 15.4 Å². The van der Waals surface area contributed by atoms with Gasteiger partial charge in [0.15, 0.2) is 11.5 Å². The van der Waals surface area contributed by atoms with Gasteiger partial charge in [-0.25, -0.2) is 0 Å². The summed E-state index contributed by atoms with van der Waals surface area (Å²) in [7, 11) is 3.14. The zero-order valence-electron chi connectivity index (χ0n) is 10.2. The van der Waals surface area contributed by atoms with Crippen molar-refractivity contribution in [2.75, 3.05) is 20.8 Å². The molecule has 7 nitrogen and oxygen atoms in total. The van der Waals surface area contributed by atoms with Gasteiger partial charge < -0.3 is 14.6 Å². The third-order valence-corrected chi connectivity index (χ3v) is 2.39. The molecule has 1 aromatic heterocycles. The van der Waals surface area contributed by atoms with Gasteiger partial charge in [-0.1, -0.05) is 0 Å². The molecule has 0 aliphatic carbocycles. The maximum Gasteiger partial charge on any atom is 0.205 e. The lowest BCUT2D eigenvalue weighted by atomic mass is 10.2. The van der Waals surface area contributed by atoms with Gasteiger partial charge >= 0.3 is 0 Å². The van der Waals surface area contributed by atoms with E-state index in [1.807, 2.05) is 6.07 Å². The second-order valence-electron chi connectivity index (χ2n) is 3.50. The van der Waals surface area contributed by atoms with Crippen molar-refractivity contribution in [1.29, 1.82) is 0 Å². The van der Waals surface area contributed by atoms with Gasteiger partial charge in [0.05, 0.1) is 27.4 Å². The molecule has 1 aromatic carbocycles. The Hall–Kier alpha value is -2.15. The molecular formula is C11H14N4O3. The highest BCUT2D eigenvalue weighted by atomic mass is 16.5. The monoisotopic (exact) mass is 250 g/mol. The second kappa shape index (κ2) is 5.46. The van der Waals surface area contributed by atoms with E-state index in [0.717, 1.165) is 5.56 Å². The molecule has 7 heteroatoms. The van der Waals surface area contributed by atoms with E-state index in [1.54, 1.807) is 26.4 Å². The molecule has 0 unspecified atom stereocenters. The van der Waals surface area contributed by atoms with Crippen molar-refractivity contribution in [2.45, 2.75) is 6.54 Å². The van der Waals surface area contributed by atoms with Crippen LogP contribution in [-0.2, 0) is 6.54 Å². The molecule has 1 N–H and O–H groups in total. The van der Waals surface area contributed by atoms with Gasteiger partial charge in [-0.2, -0.15) is 4.80 Å². The Labute approximate surface area is 104 Å². The predicted octanol–water partition coefficient (Wildman–Crippen LogP) is 0.350. The first kappa shape index (κ1) is 12.3. The number of hydrogen-bond donors (Lipinski definition) is 1. The van der Waals surface area contributed by atoms with E-state index in [9.17, 15) is 0 Å². The molecule has 0 bridgehead atoms. The molecule has 0 spiro atoms. The Morgan fingerprint density at radius 1 is 1.22 bits per heavy atom. The predicted molar refractivity (Wildman–Crippen MR) is 63.4 cm³/mol. The first-order valence-corrected chi connectivity index (χ1v) is 5.39. The fraction of sp³-hybridized carbons (Fsp3) is 0.364. The molecular weight excluding hydrogens is 236 g/mol. The summed E-state index contributed by atoms with van der Waals surface area (Å²) in [5.74, 6) is 1.72. The molecule has 0 saturated heterocycles. The van der Waals surface area contributed by atoms with Crippen molar-refractivity contribution in [3.05, 3.63) is 18.2 Å². The van der Waals surface area contributed by atoms with Crippen LogP contribution in [0.25, 0.3) is 11.4 Å². The molecule has 0 fully saturated rings. The Kier molecular flexibility index (Phi) is 3.73. The molecule has 0 radical (unpaired) electrons. The quantitative estimate of drug-likeness (QED) is 0.824. The maximum absolute atomic E-state index is 8.78. The lowest BCUT2D eigenvalue weighted by Crippen LogP contribution is -2.05. The molecule has 0 amide bonds. The smallest absolute Gasteiger partial charge is 0.205 e. The number of aromatic nitrogens is 4. The van der Waals surface area contributed by atoms with Crippen LogP contribution in [0.1, 0.15) is 0 Å². The van der Waals surface area contributed by atoms with Crippen LogP contribution in [0.15, 0.2) is 18.2 Å². The number of aliphatic hydroxyl groups excluding tert-OH is 1. The van der Waals surface area contributed by atoms with Gasteiger partial charge in [0.25, 0.3) is 0 Å². The van der Waals surface area contributed by atoms with E-state index < -0.39 is 0 Å². The Morgan fingerprint density at radius 2 is 2.00 bits per heavy atom. The third kappa shape index (κ3) is 2.40. The summed E-state index contributed by atoms with van der Waals surface area (Å²) >= 11 is 0. The number of rotatable bonds is 5. The van der Waals surface area contributed by atoms with Gasteiger partial charge in [-0.15, -0.1) is 10.2 Å². The minimum atomic E-state index is -0.0261. The number of aliphatic hydroxyl groups is 1. The minimum absolute atomic E-state index is 0.0261. The number of methoxy groups -OCH3 is 2. The number of hydrogen-bond acceptors (Lipinski definition) is 6. The fourth-order valence-electron chi connectivity index (χ4n) is 1.52. The molecule has 1 heterocycles. The first-order valence-electron chi connectivity index (χ1n) is 5.39. The molecule has 96 valence electrons. The van der Waals surface area contributed by atoms with Crippen LogP contribution in [0, 0.1) is 0 Å². The van der Waals surface area contributed by atoms with E-state index in [0.29, 0.717) is 23.9 Å². The molecule has 18 heavy (non-hydrogen) atoms. The zero-order valence-corrected chi connectivity index (χ0v) is 10.2. The molecule has 0 atom stereocenters. The summed E-state index contributed by atoms with van der Waals surface area (Å²) in [5, 5.41) is 20.7. The SMILES string of the molecule is COc1ccc(-c2nnn(CCO)n2)cc1OC. The van der Waals surface area contributed by atoms with Crippen molar-refractivity contribution in [3.8, 4) is 22.9 Å². The minimum Gasteiger partial charge on any atom is -0.493 e. The Bertz CT molecular complexity index is 527. The number of ether oxygens (including phenoxy) is 2. The summed E-state index contributed by atoms with van der Waals surface area (Å²) in [6, 6.07) is 5.38. The lowest BCUT2D eigenvalue weighted by molar-refractivity contribution is 0.259. The van der Waals surface area contributed by atoms with Crippen molar-refractivity contribution in [1.82, 2.24) is 20.2 Å². The highest BCUT2D eigenvalue weighted by Gasteiger charge is 2.10. The van der Waals surface area contributed by atoms with Crippen molar-refractivity contribution in [2.24, 2.45) is 0 Å². The highest BCUT2D eigenvalue weighted by Crippen LogP contribution is 2.30.